The zero-order valence-electron chi connectivity index (χ0n) is 19.1. The fourth-order valence-corrected chi connectivity index (χ4v) is 4.84. The summed E-state index contributed by atoms with van der Waals surface area (Å²) in [5.74, 6) is 0.0887. The first-order valence-corrected chi connectivity index (χ1v) is 12.7. The van der Waals surface area contributed by atoms with Gasteiger partial charge in [0.1, 0.15) is 5.69 Å². The molecule has 1 saturated heterocycles. The summed E-state index contributed by atoms with van der Waals surface area (Å²) in [6, 6.07) is 14.7. The molecule has 5 rings (SSSR count). The average molecular weight is 476 g/mol. The summed E-state index contributed by atoms with van der Waals surface area (Å²) in [5.41, 5.74) is 3.00. The van der Waals surface area contributed by atoms with E-state index in [1.807, 2.05) is 51.5 Å². The highest BCUT2D eigenvalue weighted by Gasteiger charge is 2.26. The molecule has 7 nitrogen and oxygen atoms in total. The molecule has 1 aliphatic carbocycles. The Bertz CT molecular complexity index is 1140. The van der Waals surface area contributed by atoms with Gasteiger partial charge in [0, 0.05) is 50.1 Å². The quantitative estimate of drug-likeness (QED) is 0.509. The van der Waals surface area contributed by atoms with E-state index < -0.39 is 0 Å². The van der Waals surface area contributed by atoms with Crippen LogP contribution in [-0.4, -0.2) is 70.2 Å². The molecule has 0 bridgehead atoms. The molecule has 34 heavy (non-hydrogen) atoms. The second-order valence-corrected chi connectivity index (χ2v) is 9.82. The number of nitrogens with one attached hydrogen (secondary N) is 1. The van der Waals surface area contributed by atoms with Crippen LogP contribution in [0.4, 0.5) is 0 Å². The lowest BCUT2D eigenvalue weighted by Crippen LogP contribution is -2.51. The fourth-order valence-electron chi connectivity index (χ4n) is 4.11. The molecule has 0 radical (unpaired) electrons. The minimum Gasteiger partial charge on any atom is -0.352 e. The van der Waals surface area contributed by atoms with Crippen LogP contribution in [0.25, 0.3) is 16.6 Å². The maximum Gasteiger partial charge on any atom is 0.246 e. The van der Waals surface area contributed by atoms with Gasteiger partial charge >= 0.3 is 0 Å². The SMILES string of the molecule is O=C(CN1CCN(C(=O)/C=C/c2cn(Cc3ccccc3)nc2-c2cccs2)CC1)NC1CC1. The molecular weight excluding hydrogens is 446 g/mol. The lowest BCUT2D eigenvalue weighted by Gasteiger charge is -2.33. The zero-order chi connectivity index (χ0) is 23.3. The molecule has 2 amide bonds. The Morgan fingerprint density at radius 1 is 1.06 bits per heavy atom. The Labute approximate surface area is 203 Å². The Hall–Kier alpha value is -3.23. The van der Waals surface area contributed by atoms with Crippen molar-refractivity contribution in [3.05, 3.63) is 71.2 Å². The summed E-state index contributed by atoms with van der Waals surface area (Å²) >= 11 is 1.64. The lowest BCUT2D eigenvalue weighted by atomic mass is 10.2. The topological polar surface area (TPSA) is 70.5 Å². The van der Waals surface area contributed by atoms with Crippen LogP contribution in [0.5, 0.6) is 0 Å². The van der Waals surface area contributed by atoms with Crippen molar-refractivity contribution < 1.29 is 9.59 Å². The number of aromatic nitrogens is 2. The summed E-state index contributed by atoms with van der Waals surface area (Å²) in [6.07, 6.45) is 7.72. The van der Waals surface area contributed by atoms with Crippen molar-refractivity contribution in [1.29, 1.82) is 0 Å². The number of amides is 2. The van der Waals surface area contributed by atoms with Crippen molar-refractivity contribution in [3.8, 4) is 10.6 Å². The van der Waals surface area contributed by atoms with Crippen LogP contribution in [0.1, 0.15) is 24.0 Å². The van der Waals surface area contributed by atoms with Gasteiger partial charge in [-0.25, -0.2) is 0 Å². The van der Waals surface area contributed by atoms with E-state index in [0.29, 0.717) is 45.3 Å². The van der Waals surface area contributed by atoms with E-state index >= 15 is 0 Å². The number of benzene rings is 1. The van der Waals surface area contributed by atoms with Crippen molar-refractivity contribution in [2.24, 2.45) is 0 Å². The molecule has 8 heteroatoms. The third-order valence-corrected chi connectivity index (χ3v) is 7.01. The van der Waals surface area contributed by atoms with Gasteiger partial charge < -0.3 is 10.2 Å². The number of hydrogen-bond donors (Lipinski definition) is 1. The third-order valence-electron chi connectivity index (χ3n) is 6.13. The normalized spacial score (nSPS) is 16.8. The van der Waals surface area contributed by atoms with Crippen molar-refractivity contribution in [2.45, 2.75) is 25.4 Å². The Morgan fingerprint density at radius 3 is 2.56 bits per heavy atom. The highest BCUT2D eigenvalue weighted by Crippen LogP contribution is 2.28. The standard InChI is InChI=1S/C26H29N5O2S/c32-24(27-22-9-10-22)19-29-12-14-30(15-13-29)25(33)11-8-21-18-31(17-20-5-2-1-3-6-20)28-26(21)23-7-4-16-34-23/h1-8,11,16,18,22H,9-10,12-15,17,19H2,(H,27,32)/b11-8+. The predicted molar refractivity (Wildman–Crippen MR) is 134 cm³/mol. The zero-order valence-corrected chi connectivity index (χ0v) is 19.9. The van der Waals surface area contributed by atoms with E-state index in [1.54, 1.807) is 17.4 Å². The molecule has 1 aliphatic heterocycles. The van der Waals surface area contributed by atoms with Crippen molar-refractivity contribution in [1.82, 2.24) is 24.9 Å². The molecular formula is C26H29N5O2S. The predicted octanol–water partition coefficient (Wildman–Crippen LogP) is 3.10. The highest BCUT2D eigenvalue weighted by atomic mass is 32.1. The van der Waals surface area contributed by atoms with E-state index in [4.69, 9.17) is 5.10 Å². The molecule has 0 spiro atoms. The Morgan fingerprint density at radius 2 is 1.85 bits per heavy atom. The van der Waals surface area contributed by atoms with Gasteiger partial charge in [0.05, 0.1) is 18.0 Å². The molecule has 2 aromatic heterocycles. The molecule has 1 N–H and O–H groups in total. The first kappa shape index (κ1) is 22.6. The lowest BCUT2D eigenvalue weighted by molar-refractivity contribution is -0.128. The van der Waals surface area contributed by atoms with E-state index in [-0.39, 0.29) is 11.8 Å². The van der Waals surface area contributed by atoms with Crippen LogP contribution in [-0.2, 0) is 16.1 Å². The molecule has 3 aromatic rings. The van der Waals surface area contributed by atoms with Crippen molar-refractivity contribution >= 4 is 29.2 Å². The molecule has 2 fully saturated rings. The van der Waals surface area contributed by atoms with Gasteiger partial charge in [0.2, 0.25) is 11.8 Å². The molecule has 0 atom stereocenters. The number of piperazine rings is 1. The number of hydrogen-bond acceptors (Lipinski definition) is 5. The third kappa shape index (κ3) is 5.81. The second-order valence-electron chi connectivity index (χ2n) is 8.87. The molecule has 1 saturated carbocycles. The van der Waals surface area contributed by atoms with Crippen LogP contribution in [0.15, 0.2) is 60.1 Å². The minimum absolute atomic E-state index is 0.00461. The van der Waals surface area contributed by atoms with Gasteiger partial charge in [-0.3, -0.25) is 19.2 Å². The van der Waals surface area contributed by atoms with Crippen LogP contribution >= 0.6 is 11.3 Å². The monoisotopic (exact) mass is 475 g/mol. The number of carbonyl (C=O) groups excluding carboxylic acids is 2. The maximum absolute atomic E-state index is 12.9. The highest BCUT2D eigenvalue weighted by molar-refractivity contribution is 7.13. The number of rotatable bonds is 8. The number of nitrogens with zero attached hydrogens (tertiary/aromatic N) is 4. The molecule has 1 aromatic carbocycles. The first-order valence-electron chi connectivity index (χ1n) is 11.8. The van der Waals surface area contributed by atoms with Crippen LogP contribution in [0.3, 0.4) is 0 Å². The van der Waals surface area contributed by atoms with Gasteiger partial charge in [-0.05, 0) is 35.9 Å². The summed E-state index contributed by atoms with van der Waals surface area (Å²) in [6.45, 7) is 3.78. The number of carbonyl (C=O) groups is 2. The summed E-state index contributed by atoms with van der Waals surface area (Å²) in [5, 5.41) is 9.87. The first-order chi connectivity index (χ1) is 16.6. The van der Waals surface area contributed by atoms with Crippen LogP contribution in [0.2, 0.25) is 0 Å². The summed E-state index contributed by atoms with van der Waals surface area (Å²) in [4.78, 5) is 29.9. The maximum atomic E-state index is 12.9. The molecule has 3 heterocycles. The van der Waals surface area contributed by atoms with Gasteiger partial charge in [-0.1, -0.05) is 36.4 Å². The van der Waals surface area contributed by atoms with E-state index in [9.17, 15) is 9.59 Å². The van der Waals surface area contributed by atoms with Gasteiger partial charge in [0.25, 0.3) is 0 Å². The fraction of sp³-hybridized carbons (Fsp3) is 0.346. The molecule has 176 valence electrons. The van der Waals surface area contributed by atoms with Crippen LogP contribution in [0, 0.1) is 0 Å². The van der Waals surface area contributed by atoms with E-state index in [1.165, 1.54) is 5.56 Å². The van der Waals surface area contributed by atoms with E-state index in [2.05, 4.69) is 28.4 Å². The second kappa shape index (κ2) is 10.4. The van der Waals surface area contributed by atoms with Gasteiger partial charge in [-0.2, -0.15) is 5.10 Å². The van der Waals surface area contributed by atoms with Crippen LogP contribution < -0.4 is 5.32 Å². The largest absolute Gasteiger partial charge is 0.352 e. The smallest absolute Gasteiger partial charge is 0.246 e. The Kier molecular flexibility index (Phi) is 6.87. The van der Waals surface area contributed by atoms with E-state index in [0.717, 1.165) is 29.0 Å². The molecule has 2 aliphatic rings. The summed E-state index contributed by atoms with van der Waals surface area (Å²) < 4.78 is 1.93. The van der Waals surface area contributed by atoms with Gasteiger partial charge in [-0.15, -0.1) is 11.3 Å². The number of thiophene rings is 1. The summed E-state index contributed by atoms with van der Waals surface area (Å²) in [7, 11) is 0. The average Bonchev–Trinajstić information content (AvgIpc) is 3.32. The minimum atomic E-state index is -0.00461. The molecule has 0 unspecified atom stereocenters. The van der Waals surface area contributed by atoms with Crippen molar-refractivity contribution in [2.75, 3.05) is 32.7 Å². The van der Waals surface area contributed by atoms with Gasteiger partial charge in [0.15, 0.2) is 0 Å². The van der Waals surface area contributed by atoms with Crippen molar-refractivity contribution in [3.63, 3.8) is 0 Å². The Balaban J connectivity index is 1.21.